The lowest BCUT2D eigenvalue weighted by Gasteiger charge is -2.09. The molecule has 0 aliphatic heterocycles. The molecule has 0 saturated heterocycles. The van der Waals surface area contributed by atoms with E-state index in [2.05, 4.69) is 43.0 Å². The zero-order valence-electron chi connectivity index (χ0n) is 12.7. The molecule has 0 spiro atoms. The number of furan rings is 1. The van der Waals surface area contributed by atoms with Crippen LogP contribution in [0.5, 0.6) is 0 Å². The molecule has 0 amide bonds. The van der Waals surface area contributed by atoms with Gasteiger partial charge in [0.25, 0.3) is 0 Å². The van der Waals surface area contributed by atoms with Crippen molar-refractivity contribution in [2.45, 2.75) is 40.5 Å². The summed E-state index contributed by atoms with van der Waals surface area (Å²) in [5, 5.41) is 3.26. The maximum Gasteiger partial charge on any atom is 0.197 e. The van der Waals surface area contributed by atoms with Gasteiger partial charge in [0.2, 0.25) is 0 Å². The minimum absolute atomic E-state index is 0.565. The fourth-order valence-electron chi connectivity index (χ4n) is 2.09. The lowest BCUT2D eigenvalue weighted by Crippen LogP contribution is -2.05. The molecule has 4 heteroatoms. The molecule has 0 saturated carbocycles. The van der Waals surface area contributed by atoms with Gasteiger partial charge in [-0.05, 0) is 31.4 Å². The molecule has 108 valence electrons. The topological polar surface area (TPSA) is 51.0 Å². The van der Waals surface area contributed by atoms with Crippen LogP contribution in [0.4, 0.5) is 5.82 Å². The van der Waals surface area contributed by atoms with Crippen LogP contribution in [-0.2, 0) is 12.8 Å². The highest BCUT2D eigenvalue weighted by Gasteiger charge is 2.11. The zero-order valence-corrected chi connectivity index (χ0v) is 12.7. The summed E-state index contributed by atoms with van der Waals surface area (Å²) in [6.07, 6.45) is 1.82. The van der Waals surface area contributed by atoms with Crippen molar-refractivity contribution in [3.63, 3.8) is 0 Å². The third-order valence-corrected chi connectivity index (χ3v) is 2.98. The summed E-state index contributed by atoms with van der Waals surface area (Å²) in [7, 11) is 0. The van der Waals surface area contributed by atoms with Crippen LogP contribution in [0, 0.1) is 5.92 Å². The van der Waals surface area contributed by atoms with Crippen molar-refractivity contribution in [2.75, 3.05) is 11.9 Å². The van der Waals surface area contributed by atoms with Gasteiger partial charge in [-0.2, -0.15) is 0 Å². The molecule has 2 rings (SSSR count). The molecule has 0 radical (unpaired) electrons. The molecule has 4 nitrogen and oxygen atoms in total. The summed E-state index contributed by atoms with van der Waals surface area (Å²) in [6, 6.07) is 5.96. The standard InChI is InChI=1S/C16H23N3O/c1-5-13-7-8-14(20-13)16-18-12(9-11(3)4)10-15(19-16)17-6-2/h7-8,10-11H,5-6,9H2,1-4H3,(H,17,18,19). The molecule has 1 N–H and O–H groups in total. The first-order valence-corrected chi connectivity index (χ1v) is 7.33. The third-order valence-electron chi connectivity index (χ3n) is 2.98. The molecule has 0 bridgehead atoms. The average Bonchev–Trinajstić information content (AvgIpc) is 2.86. The Bertz CT molecular complexity index is 561. The summed E-state index contributed by atoms with van der Waals surface area (Å²) in [5.74, 6) is 3.80. The number of hydrogen-bond donors (Lipinski definition) is 1. The van der Waals surface area contributed by atoms with Crippen molar-refractivity contribution in [1.29, 1.82) is 0 Å². The highest BCUT2D eigenvalue weighted by Crippen LogP contribution is 2.22. The first kappa shape index (κ1) is 14.6. The van der Waals surface area contributed by atoms with E-state index in [4.69, 9.17) is 4.42 Å². The van der Waals surface area contributed by atoms with E-state index in [1.807, 2.05) is 18.2 Å². The van der Waals surface area contributed by atoms with Crippen molar-refractivity contribution < 1.29 is 4.42 Å². The van der Waals surface area contributed by atoms with Crippen LogP contribution in [0.25, 0.3) is 11.6 Å². The van der Waals surface area contributed by atoms with E-state index in [1.165, 1.54) is 0 Å². The highest BCUT2D eigenvalue weighted by atomic mass is 16.3. The Labute approximate surface area is 120 Å². The highest BCUT2D eigenvalue weighted by molar-refractivity contribution is 5.52. The lowest BCUT2D eigenvalue weighted by molar-refractivity contribution is 0.524. The van der Waals surface area contributed by atoms with Gasteiger partial charge in [-0.25, -0.2) is 9.97 Å². The molecule has 0 fully saturated rings. The van der Waals surface area contributed by atoms with E-state index in [9.17, 15) is 0 Å². The van der Waals surface area contributed by atoms with Crippen LogP contribution in [0.1, 0.15) is 39.1 Å². The third kappa shape index (κ3) is 3.59. The smallest absolute Gasteiger partial charge is 0.197 e. The van der Waals surface area contributed by atoms with Gasteiger partial charge in [0.15, 0.2) is 11.6 Å². The molecule has 2 aromatic heterocycles. The first-order chi connectivity index (χ1) is 9.62. The predicted molar refractivity (Wildman–Crippen MR) is 81.8 cm³/mol. The van der Waals surface area contributed by atoms with Crippen LogP contribution >= 0.6 is 0 Å². The number of anilines is 1. The van der Waals surface area contributed by atoms with Crippen molar-refractivity contribution in [1.82, 2.24) is 9.97 Å². The van der Waals surface area contributed by atoms with E-state index in [0.29, 0.717) is 11.7 Å². The maximum absolute atomic E-state index is 5.76. The SMILES string of the molecule is CCNc1cc(CC(C)C)nc(-c2ccc(CC)o2)n1. The van der Waals surface area contributed by atoms with E-state index >= 15 is 0 Å². The summed E-state index contributed by atoms with van der Waals surface area (Å²) in [5.41, 5.74) is 1.05. The quantitative estimate of drug-likeness (QED) is 0.866. The van der Waals surface area contributed by atoms with Crippen LogP contribution in [-0.4, -0.2) is 16.5 Å². The molecule has 20 heavy (non-hydrogen) atoms. The molecular formula is C16H23N3O. The fraction of sp³-hybridized carbons (Fsp3) is 0.500. The second-order valence-corrected chi connectivity index (χ2v) is 5.32. The summed E-state index contributed by atoms with van der Waals surface area (Å²) >= 11 is 0. The van der Waals surface area contributed by atoms with Crippen LogP contribution in [0.2, 0.25) is 0 Å². The van der Waals surface area contributed by atoms with Crippen LogP contribution in [0.3, 0.4) is 0 Å². The molecular weight excluding hydrogens is 250 g/mol. The average molecular weight is 273 g/mol. The van der Waals surface area contributed by atoms with Gasteiger partial charge in [0.05, 0.1) is 0 Å². The largest absolute Gasteiger partial charge is 0.458 e. The van der Waals surface area contributed by atoms with Gasteiger partial charge in [0, 0.05) is 24.7 Å². The molecule has 0 aliphatic carbocycles. The molecule has 0 aromatic carbocycles. The Kier molecular flexibility index (Phi) is 4.77. The second-order valence-electron chi connectivity index (χ2n) is 5.32. The number of hydrogen-bond acceptors (Lipinski definition) is 4. The number of nitrogens with zero attached hydrogens (tertiary/aromatic N) is 2. The van der Waals surface area contributed by atoms with E-state index in [0.717, 1.165) is 42.4 Å². The van der Waals surface area contributed by atoms with Gasteiger partial charge in [-0.1, -0.05) is 20.8 Å². The monoisotopic (exact) mass is 273 g/mol. The summed E-state index contributed by atoms with van der Waals surface area (Å²) in [6.45, 7) is 9.36. The number of aryl methyl sites for hydroxylation is 1. The maximum atomic E-state index is 5.76. The van der Waals surface area contributed by atoms with E-state index < -0.39 is 0 Å². The Hall–Kier alpha value is -1.84. The number of aromatic nitrogens is 2. The molecule has 0 aliphatic rings. The fourth-order valence-corrected chi connectivity index (χ4v) is 2.09. The molecule has 2 heterocycles. The van der Waals surface area contributed by atoms with E-state index in [1.54, 1.807) is 0 Å². The van der Waals surface area contributed by atoms with Crippen LogP contribution in [0.15, 0.2) is 22.6 Å². The minimum Gasteiger partial charge on any atom is -0.458 e. The normalized spacial score (nSPS) is 11.1. The van der Waals surface area contributed by atoms with Crippen molar-refractivity contribution >= 4 is 5.82 Å². The molecule has 2 aromatic rings. The molecule has 0 atom stereocenters. The van der Waals surface area contributed by atoms with Crippen molar-refractivity contribution in [2.24, 2.45) is 5.92 Å². The van der Waals surface area contributed by atoms with E-state index in [-0.39, 0.29) is 0 Å². The van der Waals surface area contributed by atoms with Crippen molar-refractivity contribution in [3.8, 4) is 11.6 Å². The van der Waals surface area contributed by atoms with Crippen LogP contribution < -0.4 is 5.32 Å². The second kappa shape index (κ2) is 6.55. The van der Waals surface area contributed by atoms with Gasteiger partial charge in [-0.15, -0.1) is 0 Å². The predicted octanol–water partition coefficient (Wildman–Crippen LogP) is 3.93. The number of nitrogens with one attached hydrogen (secondary N) is 1. The summed E-state index contributed by atoms with van der Waals surface area (Å²) < 4.78 is 5.76. The zero-order chi connectivity index (χ0) is 14.5. The van der Waals surface area contributed by atoms with Gasteiger partial charge < -0.3 is 9.73 Å². The Morgan fingerprint density at radius 3 is 2.60 bits per heavy atom. The number of rotatable bonds is 6. The van der Waals surface area contributed by atoms with Gasteiger partial charge >= 0.3 is 0 Å². The lowest BCUT2D eigenvalue weighted by atomic mass is 10.1. The van der Waals surface area contributed by atoms with Gasteiger partial charge in [-0.3, -0.25) is 0 Å². The molecule has 0 unspecified atom stereocenters. The first-order valence-electron chi connectivity index (χ1n) is 7.33. The Morgan fingerprint density at radius 1 is 1.20 bits per heavy atom. The Morgan fingerprint density at radius 2 is 2.00 bits per heavy atom. The van der Waals surface area contributed by atoms with Gasteiger partial charge in [0.1, 0.15) is 11.6 Å². The summed E-state index contributed by atoms with van der Waals surface area (Å²) in [4.78, 5) is 9.16. The van der Waals surface area contributed by atoms with Crippen molar-refractivity contribution in [3.05, 3.63) is 29.7 Å². The minimum atomic E-state index is 0.565. The Balaban J connectivity index is 2.37.